The van der Waals surface area contributed by atoms with E-state index < -0.39 is 33.9 Å². The number of halogens is 6. The zero-order chi connectivity index (χ0) is 27.6. The van der Waals surface area contributed by atoms with Gasteiger partial charge in [-0.2, -0.15) is 26.3 Å². The fourth-order valence-electron chi connectivity index (χ4n) is 4.21. The van der Waals surface area contributed by atoms with Gasteiger partial charge >= 0.3 is 12.4 Å². The summed E-state index contributed by atoms with van der Waals surface area (Å²) in [5, 5.41) is 7.49. The first-order valence-corrected chi connectivity index (χ1v) is 13.5. The number of rotatable bonds is 4. The van der Waals surface area contributed by atoms with Crippen LogP contribution >= 0.6 is 0 Å². The van der Waals surface area contributed by atoms with E-state index >= 15 is 0 Å². The minimum Gasteiger partial charge on any atom is -0.382 e. The number of alkyl halides is 6. The molecule has 2 aromatic rings. The van der Waals surface area contributed by atoms with Crippen LogP contribution in [0.3, 0.4) is 0 Å². The van der Waals surface area contributed by atoms with E-state index in [1.165, 1.54) is 12.5 Å². The SMILES string of the molecule is Cc1cc(-c2ccc(C(F)(F)F)cc2NS(C)(=O)=O)nnc1N.FC(F)(F)C1CCCN(C2CCC2)C1. The van der Waals surface area contributed by atoms with Gasteiger partial charge in [0.15, 0.2) is 0 Å². The first kappa shape index (κ1) is 29.0. The predicted molar refractivity (Wildman–Crippen MR) is 128 cm³/mol. The molecule has 0 spiro atoms. The van der Waals surface area contributed by atoms with Gasteiger partial charge in [-0.15, -0.1) is 10.2 Å². The highest BCUT2D eigenvalue weighted by atomic mass is 32.2. The molecule has 0 radical (unpaired) electrons. The zero-order valence-corrected chi connectivity index (χ0v) is 21.1. The molecule has 37 heavy (non-hydrogen) atoms. The highest BCUT2D eigenvalue weighted by Crippen LogP contribution is 2.37. The van der Waals surface area contributed by atoms with Gasteiger partial charge in [-0.1, -0.05) is 12.5 Å². The van der Waals surface area contributed by atoms with Crippen LogP contribution in [0, 0.1) is 12.8 Å². The van der Waals surface area contributed by atoms with Gasteiger partial charge in [0.2, 0.25) is 10.0 Å². The number of piperidine rings is 1. The Hall–Kier alpha value is -2.61. The lowest BCUT2D eigenvalue weighted by Gasteiger charge is -2.42. The molecule has 3 N–H and O–H groups in total. The van der Waals surface area contributed by atoms with Crippen LogP contribution < -0.4 is 10.5 Å². The Bertz CT molecular complexity index is 1200. The van der Waals surface area contributed by atoms with Crippen molar-refractivity contribution in [1.29, 1.82) is 0 Å². The molecule has 14 heteroatoms. The molecule has 0 amide bonds. The second-order valence-electron chi connectivity index (χ2n) is 9.39. The Labute approximate surface area is 211 Å². The zero-order valence-electron chi connectivity index (χ0n) is 20.3. The smallest absolute Gasteiger partial charge is 0.382 e. The molecule has 1 aromatic heterocycles. The van der Waals surface area contributed by atoms with Gasteiger partial charge in [0.1, 0.15) is 5.82 Å². The molecule has 4 rings (SSSR count). The third-order valence-corrected chi connectivity index (χ3v) is 7.04. The molecule has 1 unspecified atom stereocenters. The number of nitrogens with zero attached hydrogens (tertiary/aromatic N) is 3. The molecule has 2 heterocycles. The molecule has 2 aliphatic rings. The third kappa shape index (κ3) is 7.94. The van der Waals surface area contributed by atoms with Crippen molar-refractivity contribution < 1.29 is 34.8 Å². The molecular weight excluding hydrogens is 524 g/mol. The van der Waals surface area contributed by atoms with Gasteiger partial charge in [0, 0.05) is 18.2 Å². The fraction of sp³-hybridized carbons (Fsp3) is 0.565. The number of likely N-dealkylation sites (tertiary alicyclic amines) is 1. The lowest BCUT2D eigenvalue weighted by molar-refractivity contribution is -0.189. The average molecular weight is 554 g/mol. The summed E-state index contributed by atoms with van der Waals surface area (Å²) in [6.45, 7) is 2.77. The van der Waals surface area contributed by atoms with Gasteiger partial charge in [-0.25, -0.2) is 8.42 Å². The van der Waals surface area contributed by atoms with Gasteiger partial charge in [0.25, 0.3) is 0 Å². The summed E-state index contributed by atoms with van der Waals surface area (Å²) in [5.41, 5.74) is 5.28. The molecule has 2 fully saturated rings. The van der Waals surface area contributed by atoms with Gasteiger partial charge in [-0.05, 0) is 62.9 Å². The van der Waals surface area contributed by atoms with Crippen molar-refractivity contribution in [3.05, 3.63) is 35.4 Å². The van der Waals surface area contributed by atoms with Gasteiger partial charge in [-0.3, -0.25) is 9.62 Å². The van der Waals surface area contributed by atoms with Gasteiger partial charge < -0.3 is 5.73 Å². The highest BCUT2D eigenvalue weighted by molar-refractivity contribution is 7.92. The molecule has 1 aliphatic carbocycles. The lowest BCUT2D eigenvalue weighted by Crippen LogP contribution is -2.48. The monoisotopic (exact) mass is 553 g/mol. The third-order valence-electron chi connectivity index (χ3n) is 6.45. The largest absolute Gasteiger partial charge is 0.416 e. The van der Waals surface area contributed by atoms with Crippen LogP contribution in [0.4, 0.5) is 37.8 Å². The number of nitrogens with two attached hydrogens (primary N) is 1. The number of benzene rings is 1. The fourth-order valence-corrected chi connectivity index (χ4v) is 4.78. The summed E-state index contributed by atoms with van der Waals surface area (Å²) < 4.78 is 101. The minimum atomic E-state index is -4.60. The van der Waals surface area contributed by atoms with E-state index in [4.69, 9.17) is 5.73 Å². The predicted octanol–water partition coefficient (Wildman–Crippen LogP) is 5.24. The van der Waals surface area contributed by atoms with Crippen molar-refractivity contribution in [3.8, 4) is 11.3 Å². The summed E-state index contributed by atoms with van der Waals surface area (Å²) in [4.78, 5) is 2.05. The maximum Gasteiger partial charge on any atom is 0.416 e. The number of sulfonamides is 1. The van der Waals surface area contributed by atoms with E-state index in [1.807, 2.05) is 4.90 Å². The van der Waals surface area contributed by atoms with Crippen molar-refractivity contribution in [2.45, 2.75) is 57.4 Å². The molecule has 1 aromatic carbocycles. The number of hydrogen-bond donors (Lipinski definition) is 2. The van der Waals surface area contributed by atoms with Crippen LogP contribution in [0.1, 0.15) is 43.2 Å². The van der Waals surface area contributed by atoms with E-state index in [-0.39, 0.29) is 29.3 Å². The summed E-state index contributed by atoms with van der Waals surface area (Å²) in [7, 11) is -3.78. The standard InChI is InChI=1S/C13H13F3N4O2S.C10H16F3N/c1-7-5-10(18-19-12(7)17)9-4-3-8(13(14,15)16)6-11(9)20-23(2,21)22;11-10(12,13)8-3-2-6-14(7-8)9-4-1-5-9/h3-6,20H,1-2H3,(H2,17,19);8-9H,1-7H2. The van der Waals surface area contributed by atoms with E-state index in [0.29, 0.717) is 30.5 Å². The van der Waals surface area contributed by atoms with E-state index in [0.717, 1.165) is 37.8 Å². The molecule has 7 nitrogen and oxygen atoms in total. The maximum absolute atomic E-state index is 12.8. The summed E-state index contributed by atoms with van der Waals surface area (Å²) >= 11 is 0. The van der Waals surface area contributed by atoms with Gasteiger partial charge in [0.05, 0.1) is 29.1 Å². The molecule has 1 aliphatic heterocycles. The van der Waals surface area contributed by atoms with Crippen LogP contribution in [0.25, 0.3) is 11.3 Å². The van der Waals surface area contributed by atoms with E-state index in [2.05, 4.69) is 14.9 Å². The van der Waals surface area contributed by atoms with Crippen molar-refractivity contribution in [1.82, 2.24) is 15.1 Å². The molecular formula is C23H29F6N5O2S. The van der Waals surface area contributed by atoms with E-state index in [9.17, 15) is 34.8 Å². The van der Waals surface area contributed by atoms with Crippen molar-refractivity contribution in [2.75, 3.05) is 29.8 Å². The number of aromatic nitrogens is 2. The lowest BCUT2D eigenvalue weighted by atomic mass is 9.87. The average Bonchev–Trinajstić information content (AvgIpc) is 2.73. The Morgan fingerprint density at radius 2 is 1.70 bits per heavy atom. The van der Waals surface area contributed by atoms with Crippen LogP contribution in [0.2, 0.25) is 0 Å². The molecule has 1 atom stereocenters. The topological polar surface area (TPSA) is 101 Å². The van der Waals surface area contributed by atoms with Crippen molar-refractivity contribution >= 4 is 21.5 Å². The number of nitrogens with one attached hydrogen (secondary N) is 1. The summed E-state index contributed by atoms with van der Waals surface area (Å²) in [5.74, 6) is -0.893. The van der Waals surface area contributed by atoms with Crippen molar-refractivity contribution in [3.63, 3.8) is 0 Å². The second-order valence-corrected chi connectivity index (χ2v) is 11.1. The summed E-state index contributed by atoms with van der Waals surface area (Å²) in [6, 6.07) is 4.66. The Kier molecular flexibility index (Phi) is 8.62. The van der Waals surface area contributed by atoms with Crippen LogP contribution in [0.15, 0.2) is 24.3 Å². The number of nitrogen functional groups attached to an aromatic ring is 1. The Balaban J connectivity index is 0.000000231. The number of aryl methyl sites for hydroxylation is 1. The van der Waals surface area contributed by atoms with Crippen molar-refractivity contribution in [2.24, 2.45) is 5.92 Å². The Morgan fingerprint density at radius 1 is 1.03 bits per heavy atom. The van der Waals surface area contributed by atoms with Crippen LogP contribution in [-0.2, 0) is 16.2 Å². The first-order chi connectivity index (χ1) is 17.0. The minimum absolute atomic E-state index is 0.166. The second kappa shape index (κ2) is 11.0. The molecule has 206 valence electrons. The normalized spacial score (nSPS) is 19.5. The molecule has 0 bridgehead atoms. The quantitative estimate of drug-likeness (QED) is 0.503. The molecule has 1 saturated carbocycles. The highest BCUT2D eigenvalue weighted by Gasteiger charge is 2.43. The number of hydrogen-bond acceptors (Lipinski definition) is 6. The maximum atomic E-state index is 12.8. The van der Waals surface area contributed by atoms with E-state index in [1.54, 1.807) is 6.92 Å². The first-order valence-electron chi connectivity index (χ1n) is 11.6. The summed E-state index contributed by atoms with van der Waals surface area (Å²) in [6.07, 6.45) is -3.31. The Morgan fingerprint density at radius 3 is 2.22 bits per heavy atom. The number of anilines is 2. The van der Waals surface area contributed by atoms with Crippen LogP contribution in [-0.4, -0.2) is 55.1 Å². The van der Waals surface area contributed by atoms with Crippen LogP contribution in [0.5, 0.6) is 0 Å². The molecule has 1 saturated heterocycles.